The molecule has 3 nitrogen and oxygen atoms in total. The van der Waals surface area contributed by atoms with Crippen molar-refractivity contribution in [2.45, 2.75) is 12.5 Å². The van der Waals surface area contributed by atoms with Crippen LogP contribution < -0.4 is 5.73 Å². The van der Waals surface area contributed by atoms with E-state index in [1.165, 1.54) is 11.1 Å². The second kappa shape index (κ2) is 5.57. The number of hydrogen-bond donors (Lipinski definition) is 1. The quantitative estimate of drug-likeness (QED) is 0.853. The molecule has 0 radical (unpaired) electrons. The van der Waals surface area contributed by atoms with Gasteiger partial charge in [0, 0.05) is 23.1 Å². The van der Waals surface area contributed by atoms with E-state index < -0.39 is 10.8 Å². The van der Waals surface area contributed by atoms with Gasteiger partial charge < -0.3 is 10.5 Å². The maximum atomic E-state index is 11.7. The molecular weight excluding hydrogens is 222 g/mol. The fourth-order valence-electron chi connectivity index (χ4n) is 2.00. The van der Waals surface area contributed by atoms with Crippen molar-refractivity contribution in [3.63, 3.8) is 0 Å². The van der Waals surface area contributed by atoms with Gasteiger partial charge in [0.15, 0.2) is 0 Å². The Labute approximate surface area is 98.4 Å². The molecule has 4 heteroatoms. The number of nitrogens with two attached hydrogens (primary N) is 1. The summed E-state index contributed by atoms with van der Waals surface area (Å²) in [5.41, 5.74) is 7.91. The first-order chi connectivity index (χ1) is 7.81. The number of benzene rings is 1. The van der Waals surface area contributed by atoms with E-state index in [1.54, 1.807) is 0 Å². The number of hydrogen-bond acceptors (Lipinski definition) is 3. The third-order valence-electron chi connectivity index (χ3n) is 2.78. The molecule has 1 heterocycles. The van der Waals surface area contributed by atoms with Crippen LogP contribution in [0.2, 0.25) is 0 Å². The highest BCUT2D eigenvalue weighted by Crippen LogP contribution is 2.27. The summed E-state index contributed by atoms with van der Waals surface area (Å²) in [7, 11) is -0.875. The van der Waals surface area contributed by atoms with Crippen LogP contribution in [0.15, 0.2) is 24.3 Å². The summed E-state index contributed by atoms with van der Waals surface area (Å²) in [6, 6.07) is 8.24. The molecule has 2 rings (SSSR count). The van der Waals surface area contributed by atoms with Crippen molar-refractivity contribution >= 4 is 10.8 Å². The Morgan fingerprint density at radius 3 is 3.06 bits per heavy atom. The van der Waals surface area contributed by atoms with Crippen LogP contribution in [-0.2, 0) is 22.0 Å². The van der Waals surface area contributed by atoms with E-state index in [0.29, 0.717) is 18.1 Å². The van der Waals surface area contributed by atoms with Gasteiger partial charge in [-0.3, -0.25) is 4.21 Å². The first-order valence-electron chi connectivity index (χ1n) is 5.55. The van der Waals surface area contributed by atoms with E-state index in [-0.39, 0.29) is 6.10 Å². The van der Waals surface area contributed by atoms with Crippen LogP contribution in [0, 0.1) is 0 Å². The van der Waals surface area contributed by atoms with Crippen LogP contribution in [0.3, 0.4) is 0 Å². The average Bonchev–Trinajstić information content (AvgIpc) is 2.30. The zero-order valence-corrected chi connectivity index (χ0v) is 10.0. The number of fused-ring (bicyclic) bond motifs is 1. The van der Waals surface area contributed by atoms with Gasteiger partial charge in [0.1, 0.15) is 0 Å². The molecule has 2 atom stereocenters. The van der Waals surface area contributed by atoms with Crippen molar-refractivity contribution < 1.29 is 8.95 Å². The predicted octanol–water partition coefficient (Wildman–Crippen LogP) is 1.01. The Morgan fingerprint density at radius 1 is 1.44 bits per heavy atom. The average molecular weight is 239 g/mol. The van der Waals surface area contributed by atoms with Gasteiger partial charge in [-0.15, -0.1) is 0 Å². The molecule has 0 amide bonds. The highest BCUT2D eigenvalue weighted by atomic mass is 32.2. The molecule has 1 aliphatic heterocycles. The number of rotatable bonds is 4. The van der Waals surface area contributed by atoms with Crippen LogP contribution in [0.1, 0.15) is 17.2 Å². The molecule has 0 fully saturated rings. The Bertz CT molecular complexity index is 381. The maximum Gasteiger partial charge on any atom is 0.0942 e. The van der Waals surface area contributed by atoms with Gasteiger partial charge in [-0.25, -0.2) is 0 Å². The van der Waals surface area contributed by atoms with E-state index >= 15 is 0 Å². The SMILES string of the molecule is NCCS(=O)CC1OCCc2ccccc21. The summed E-state index contributed by atoms with van der Waals surface area (Å²) in [5.74, 6) is 1.12. The summed E-state index contributed by atoms with van der Waals surface area (Å²) < 4.78 is 17.4. The summed E-state index contributed by atoms with van der Waals surface area (Å²) in [4.78, 5) is 0. The van der Waals surface area contributed by atoms with Crippen molar-refractivity contribution in [2.24, 2.45) is 5.73 Å². The number of ether oxygens (including phenoxy) is 1. The lowest BCUT2D eigenvalue weighted by molar-refractivity contribution is 0.0582. The molecule has 2 unspecified atom stereocenters. The minimum Gasteiger partial charge on any atom is -0.372 e. The van der Waals surface area contributed by atoms with Crippen molar-refractivity contribution in [3.8, 4) is 0 Å². The van der Waals surface area contributed by atoms with Crippen molar-refractivity contribution in [1.29, 1.82) is 0 Å². The highest BCUT2D eigenvalue weighted by Gasteiger charge is 2.21. The molecule has 16 heavy (non-hydrogen) atoms. The summed E-state index contributed by atoms with van der Waals surface area (Å²) >= 11 is 0. The van der Waals surface area contributed by atoms with E-state index in [9.17, 15) is 4.21 Å². The minimum absolute atomic E-state index is 0.0164. The normalized spacial score (nSPS) is 21.4. The van der Waals surface area contributed by atoms with E-state index in [1.807, 2.05) is 12.1 Å². The van der Waals surface area contributed by atoms with Crippen molar-refractivity contribution in [2.75, 3.05) is 24.7 Å². The molecule has 0 spiro atoms. The lowest BCUT2D eigenvalue weighted by Gasteiger charge is -2.25. The Kier molecular flexibility index (Phi) is 4.09. The van der Waals surface area contributed by atoms with Gasteiger partial charge in [-0.1, -0.05) is 24.3 Å². The molecule has 2 N–H and O–H groups in total. The molecule has 0 saturated heterocycles. The monoisotopic (exact) mass is 239 g/mol. The summed E-state index contributed by atoms with van der Waals surface area (Å²) in [5, 5.41) is 0. The summed E-state index contributed by atoms with van der Waals surface area (Å²) in [6.45, 7) is 1.20. The predicted molar refractivity (Wildman–Crippen MR) is 65.8 cm³/mol. The molecule has 88 valence electrons. The second-order valence-electron chi connectivity index (χ2n) is 3.91. The third kappa shape index (κ3) is 2.70. The van der Waals surface area contributed by atoms with Gasteiger partial charge >= 0.3 is 0 Å². The Balaban J connectivity index is 2.10. The molecule has 0 aromatic heterocycles. The van der Waals surface area contributed by atoms with Crippen molar-refractivity contribution in [1.82, 2.24) is 0 Å². The Hall–Kier alpha value is -0.710. The topological polar surface area (TPSA) is 52.3 Å². The molecular formula is C12H17NO2S. The lowest BCUT2D eigenvalue weighted by atomic mass is 9.99. The molecule has 1 aliphatic rings. The first-order valence-corrected chi connectivity index (χ1v) is 7.04. The van der Waals surface area contributed by atoms with Crippen LogP contribution in [0.4, 0.5) is 0 Å². The molecule has 0 saturated carbocycles. The van der Waals surface area contributed by atoms with Gasteiger partial charge in [0.25, 0.3) is 0 Å². The fourth-order valence-corrected chi connectivity index (χ4v) is 3.04. The maximum absolute atomic E-state index is 11.7. The highest BCUT2D eigenvalue weighted by molar-refractivity contribution is 7.85. The standard InChI is InChI=1S/C12H17NO2S/c13-6-8-16(14)9-12-11-4-2-1-3-10(11)5-7-15-12/h1-4,12H,5-9,13H2. The summed E-state index contributed by atoms with van der Waals surface area (Å²) in [6.07, 6.45) is 0.938. The van der Waals surface area contributed by atoms with Crippen LogP contribution in [0.25, 0.3) is 0 Å². The molecule has 1 aromatic rings. The van der Waals surface area contributed by atoms with Crippen LogP contribution >= 0.6 is 0 Å². The zero-order chi connectivity index (χ0) is 11.4. The van der Waals surface area contributed by atoms with Crippen LogP contribution in [-0.4, -0.2) is 28.9 Å². The molecule has 0 aliphatic carbocycles. The van der Waals surface area contributed by atoms with Gasteiger partial charge in [0.05, 0.1) is 18.5 Å². The van der Waals surface area contributed by atoms with E-state index in [2.05, 4.69) is 12.1 Å². The van der Waals surface area contributed by atoms with Crippen LogP contribution in [0.5, 0.6) is 0 Å². The Morgan fingerprint density at radius 2 is 2.25 bits per heavy atom. The van der Waals surface area contributed by atoms with E-state index in [0.717, 1.165) is 13.0 Å². The smallest absolute Gasteiger partial charge is 0.0942 e. The molecule has 1 aromatic carbocycles. The third-order valence-corrected chi connectivity index (χ3v) is 4.14. The second-order valence-corrected chi connectivity index (χ2v) is 5.53. The van der Waals surface area contributed by atoms with Gasteiger partial charge in [-0.05, 0) is 17.5 Å². The first kappa shape index (κ1) is 11.8. The van der Waals surface area contributed by atoms with Crippen molar-refractivity contribution in [3.05, 3.63) is 35.4 Å². The zero-order valence-electron chi connectivity index (χ0n) is 9.22. The fraction of sp³-hybridized carbons (Fsp3) is 0.500. The molecule has 0 bridgehead atoms. The van der Waals surface area contributed by atoms with Gasteiger partial charge in [-0.2, -0.15) is 0 Å². The van der Waals surface area contributed by atoms with E-state index in [4.69, 9.17) is 10.5 Å². The largest absolute Gasteiger partial charge is 0.372 e. The lowest BCUT2D eigenvalue weighted by Crippen LogP contribution is -2.23. The van der Waals surface area contributed by atoms with Gasteiger partial charge in [0.2, 0.25) is 0 Å². The minimum atomic E-state index is -0.875.